The van der Waals surface area contributed by atoms with E-state index in [4.69, 9.17) is 9.47 Å². The highest BCUT2D eigenvalue weighted by molar-refractivity contribution is 5.75. The van der Waals surface area contributed by atoms with Gasteiger partial charge in [0.1, 0.15) is 24.1 Å². The Bertz CT molecular complexity index is 1050. The smallest absolute Gasteiger partial charge is 0.278 e. The van der Waals surface area contributed by atoms with Crippen molar-refractivity contribution in [1.82, 2.24) is 19.5 Å². The third kappa shape index (κ3) is 3.44. The number of hydrogen-bond donors (Lipinski definition) is 5. The molecule has 1 fully saturated rings. The number of aliphatic hydroxyl groups is 3. The van der Waals surface area contributed by atoms with E-state index in [0.717, 1.165) is 0 Å². The van der Waals surface area contributed by atoms with Gasteiger partial charge in [0.15, 0.2) is 17.4 Å². The van der Waals surface area contributed by atoms with Gasteiger partial charge in [0.2, 0.25) is 5.95 Å². The van der Waals surface area contributed by atoms with Crippen molar-refractivity contribution in [3.63, 3.8) is 0 Å². The van der Waals surface area contributed by atoms with Crippen molar-refractivity contribution in [1.29, 1.82) is 0 Å². The molecule has 2 aromatic heterocycles. The number of imidazole rings is 1. The van der Waals surface area contributed by atoms with E-state index < -0.39 is 36.7 Å². The first-order chi connectivity index (χ1) is 14.0. The summed E-state index contributed by atoms with van der Waals surface area (Å²) in [7, 11) is 0. The lowest BCUT2D eigenvalue weighted by Gasteiger charge is -2.19. The van der Waals surface area contributed by atoms with E-state index in [9.17, 15) is 20.1 Å². The molecule has 0 bridgehead atoms. The van der Waals surface area contributed by atoms with E-state index in [1.165, 1.54) is 10.9 Å². The first kappa shape index (κ1) is 19.3. The molecule has 4 atom stereocenters. The van der Waals surface area contributed by atoms with Crippen LogP contribution >= 0.6 is 0 Å². The number of benzene rings is 1. The van der Waals surface area contributed by atoms with Crippen molar-refractivity contribution in [3.8, 4) is 5.75 Å². The van der Waals surface area contributed by atoms with Gasteiger partial charge in [-0.25, -0.2) is 9.97 Å². The average molecular weight is 403 g/mol. The number of nitrogens with one attached hydrogen (secondary N) is 2. The number of H-pyrrole nitrogens is 1. The van der Waals surface area contributed by atoms with Crippen LogP contribution in [0.4, 0.5) is 11.6 Å². The van der Waals surface area contributed by atoms with E-state index in [1.807, 2.05) is 6.92 Å². The topological polar surface area (TPSA) is 155 Å². The summed E-state index contributed by atoms with van der Waals surface area (Å²) in [5.74, 6) is 0.885. The molecule has 1 aromatic carbocycles. The number of aliphatic hydroxyl groups excluding tert-OH is 3. The van der Waals surface area contributed by atoms with E-state index in [-0.39, 0.29) is 17.1 Å². The Morgan fingerprint density at radius 3 is 2.69 bits per heavy atom. The number of aromatic nitrogens is 4. The maximum Gasteiger partial charge on any atom is 0.278 e. The maximum atomic E-state index is 12.2. The lowest BCUT2D eigenvalue weighted by atomic mass is 10.1. The van der Waals surface area contributed by atoms with Gasteiger partial charge in [-0.05, 0) is 31.2 Å². The second kappa shape index (κ2) is 7.79. The van der Waals surface area contributed by atoms with Crippen LogP contribution in [0.3, 0.4) is 0 Å². The highest BCUT2D eigenvalue weighted by atomic mass is 16.6. The maximum absolute atomic E-state index is 12.2. The Morgan fingerprint density at radius 2 is 2.03 bits per heavy atom. The second-order valence-corrected chi connectivity index (χ2v) is 6.52. The minimum Gasteiger partial charge on any atom is -0.494 e. The summed E-state index contributed by atoms with van der Waals surface area (Å²) in [4.78, 5) is 23.1. The molecule has 29 heavy (non-hydrogen) atoms. The number of anilines is 2. The van der Waals surface area contributed by atoms with Crippen molar-refractivity contribution >= 4 is 22.8 Å². The zero-order chi connectivity index (χ0) is 20.5. The summed E-state index contributed by atoms with van der Waals surface area (Å²) in [6.07, 6.45) is -3.53. The van der Waals surface area contributed by atoms with Crippen LogP contribution in [0.5, 0.6) is 5.75 Å². The van der Waals surface area contributed by atoms with Gasteiger partial charge in [0.05, 0.1) is 19.5 Å². The van der Waals surface area contributed by atoms with E-state index in [2.05, 4.69) is 20.3 Å². The highest BCUT2D eigenvalue weighted by Crippen LogP contribution is 2.34. The standard InChI is InChI=1S/C18H21N5O6/c1-2-28-10-5-3-9(4-6-10)21-18-22-12-15(19-8-20-16(12)27)23(18)17-14(26)13(25)11(7-24)29-17/h3-6,8,11,13-14,17,24-26H,2,7H2,1H3,(H,21,22)(H,19,20,27)/t11-,13-,14-,17-/m1/s1. The molecule has 3 heterocycles. The largest absolute Gasteiger partial charge is 0.494 e. The van der Waals surface area contributed by atoms with Crippen molar-refractivity contribution in [2.45, 2.75) is 31.5 Å². The van der Waals surface area contributed by atoms with Crippen LogP contribution < -0.4 is 15.6 Å². The first-order valence-corrected chi connectivity index (χ1v) is 9.11. The predicted molar refractivity (Wildman–Crippen MR) is 102 cm³/mol. The van der Waals surface area contributed by atoms with Crippen molar-refractivity contribution in [2.24, 2.45) is 0 Å². The number of nitrogens with zero attached hydrogens (tertiary/aromatic N) is 3. The molecule has 0 aliphatic carbocycles. The zero-order valence-electron chi connectivity index (χ0n) is 15.5. The number of ether oxygens (including phenoxy) is 2. The molecule has 4 rings (SSSR count). The molecule has 1 saturated heterocycles. The van der Waals surface area contributed by atoms with Gasteiger partial charge in [-0.1, -0.05) is 0 Å². The molecular formula is C18H21N5O6. The van der Waals surface area contributed by atoms with Gasteiger partial charge in [-0.3, -0.25) is 9.36 Å². The fourth-order valence-corrected chi connectivity index (χ4v) is 3.27. The number of fused-ring (bicyclic) bond motifs is 1. The van der Waals surface area contributed by atoms with Crippen molar-refractivity contribution in [3.05, 3.63) is 40.9 Å². The molecule has 1 aliphatic heterocycles. The van der Waals surface area contributed by atoms with Crippen molar-refractivity contribution in [2.75, 3.05) is 18.5 Å². The molecule has 0 spiro atoms. The fourth-order valence-electron chi connectivity index (χ4n) is 3.27. The van der Waals surface area contributed by atoms with Crippen LogP contribution in [0, 0.1) is 0 Å². The predicted octanol–water partition coefficient (Wildman–Crippen LogP) is -0.127. The van der Waals surface area contributed by atoms with Crippen LogP contribution in [0.25, 0.3) is 11.2 Å². The van der Waals surface area contributed by atoms with Crippen LogP contribution in [0.2, 0.25) is 0 Å². The van der Waals surface area contributed by atoms with E-state index >= 15 is 0 Å². The number of rotatable bonds is 6. The molecule has 154 valence electrons. The summed E-state index contributed by atoms with van der Waals surface area (Å²) in [5, 5.41) is 33.0. The summed E-state index contributed by atoms with van der Waals surface area (Å²) in [5.41, 5.74) is 0.388. The Morgan fingerprint density at radius 1 is 1.28 bits per heavy atom. The monoisotopic (exact) mass is 403 g/mol. The summed E-state index contributed by atoms with van der Waals surface area (Å²) in [6, 6.07) is 7.08. The SMILES string of the molecule is CCOc1ccc(Nc2nc3c(=O)[nH]cnc3n2[C@@H]2O[C@H](CO)[C@@H](O)[C@H]2O)cc1. The zero-order valence-corrected chi connectivity index (χ0v) is 15.5. The van der Waals surface area contributed by atoms with Crippen molar-refractivity contribution < 1.29 is 24.8 Å². The Labute approximate surface area is 164 Å². The fraction of sp³-hybridized carbons (Fsp3) is 0.389. The van der Waals surface area contributed by atoms with Crippen LogP contribution in [0.1, 0.15) is 13.2 Å². The van der Waals surface area contributed by atoms with Gasteiger partial charge < -0.3 is 35.1 Å². The minimum atomic E-state index is -1.36. The number of hydrogen-bond acceptors (Lipinski definition) is 9. The lowest BCUT2D eigenvalue weighted by Crippen LogP contribution is -2.33. The van der Waals surface area contributed by atoms with Gasteiger partial charge in [0.25, 0.3) is 5.56 Å². The molecule has 0 amide bonds. The molecule has 11 heteroatoms. The normalized spacial score (nSPS) is 24.1. The average Bonchev–Trinajstić information content (AvgIpc) is 3.22. The Kier molecular flexibility index (Phi) is 5.20. The molecule has 3 aromatic rings. The molecule has 5 N–H and O–H groups in total. The van der Waals surface area contributed by atoms with Gasteiger partial charge in [0, 0.05) is 5.69 Å². The third-order valence-corrected chi connectivity index (χ3v) is 4.68. The molecular weight excluding hydrogens is 382 g/mol. The number of aromatic amines is 1. The van der Waals surface area contributed by atoms with Crippen LogP contribution in [-0.2, 0) is 4.74 Å². The minimum absolute atomic E-state index is 0.0404. The van der Waals surface area contributed by atoms with E-state index in [1.54, 1.807) is 24.3 Å². The van der Waals surface area contributed by atoms with Crippen LogP contribution in [0.15, 0.2) is 35.4 Å². The first-order valence-electron chi connectivity index (χ1n) is 9.11. The van der Waals surface area contributed by atoms with Gasteiger partial charge in [-0.2, -0.15) is 0 Å². The molecule has 0 saturated carbocycles. The summed E-state index contributed by atoms with van der Waals surface area (Å²) < 4.78 is 12.4. The Hall–Kier alpha value is -2.99. The molecule has 11 nitrogen and oxygen atoms in total. The van der Waals surface area contributed by atoms with Gasteiger partial charge in [-0.15, -0.1) is 0 Å². The third-order valence-electron chi connectivity index (χ3n) is 4.68. The highest BCUT2D eigenvalue weighted by Gasteiger charge is 2.45. The summed E-state index contributed by atoms with van der Waals surface area (Å²) in [6.45, 7) is 1.96. The van der Waals surface area contributed by atoms with Gasteiger partial charge >= 0.3 is 0 Å². The molecule has 1 aliphatic rings. The molecule has 0 radical (unpaired) electrons. The lowest BCUT2D eigenvalue weighted by molar-refractivity contribution is -0.0501. The Balaban J connectivity index is 1.76. The quantitative estimate of drug-likeness (QED) is 0.379. The molecule has 0 unspecified atom stereocenters. The van der Waals surface area contributed by atoms with Crippen LogP contribution in [-0.4, -0.2) is 66.4 Å². The van der Waals surface area contributed by atoms with E-state index in [0.29, 0.717) is 18.0 Å². The second-order valence-electron chi connectivity index (χ2n) is 6.52. The summed E-state index contributed by atoms with van der Waals surface area (Å²) >= 11 is 0.